The summed E-state index contributed by atoms with van der Waals surface area (Å²) in [7, 11) is 0. The van der Waals surface area contributed by atoms with Gasteiger partial charge >= 0.3 is 0 Å². The molecular formula is C46H28O. The topological polar surface area (TPSA) is 13.1 Å². The molecule has 0 saturated heterocycles. The van der Waals surface area contributed by atoms with Gasteiger partial charge in [0.1, 0.15) is 11.2 Å². The highest BCUT2D eigenvalue weighted by Crippen LogP contribution is 2.46. The van der Waals surface area contributed by atoms with E-state index in [1.165, 1.54) is 65.3 Å². The maximum absolute atomic E-state index is 6.91. The molecule has 1 nitrogen and oxygen atoms in total. The summed E-state index contributed by atoms with van der Waals surface area (Å²) in [6.07, 6.45) is 0. The summed E-state index contributed by atoms with van der Waals surface area (Å²) >= 11 is 0. The van der Waals surface area contributed by atoms with Gasteiger partial charge in [-0.05, 0) is 71.6 Å². The number of rotatable bonds is 3. The van der Waals surface area contributed by atoms with Gasteiger partial charge in [-0.3, -0.25) is 0 Å². The predicted octanol–water partition coefficient (Wildman–Crippen LogP) is 13.2. The molecule has 0 N–H and O–H groups in total. The average Bonchev–Trinajstić information content (AvgIpc) is 3.55. The second-order valence-corrected chi connectivity index (χ2v) is 12.4. The fourth-order valence-electron chi connectivity index (χ4n) is 7.85. The minimum absolute atomic E-state index is 0.926. The SMILES string of the molecule is c1ccc(-c2c3ccccc3c(-c3cccc(-c4cccc5c4oc4c6ccccc6c6ccccc6c54)c3)c3ccccc23)cc1. The Morgan fingerprint density at radius 3 is 1.38 bits per heavy atom. The molecule has 0 aliphatic rings. The van der Waals surface area contributed by atoms with Crippen molar-refractivity contribution in [2.24, 2.45) is 0 Å². The molecule has 0 unspecified atom stereocenters. The van der Waals surface area contributed by atoms with Gasteiger partial charge in [0, 0.05) is 21.7 Å². The van der Waals surface area contributed by atoms with E-state index in [-0.39, 0.29) is 0 Å². The summed E-state index contributed by atoms with van der Waals surface area (Å²) in [5.41, 5.74) is 9.08. The van der Waals surface area contributed by atoms with Crippen LogP contribution in [-0.2, 0) is 0 Å². The zero-order valence-corrected chi connectivity index (χ0v) is 25.6. The Morgan fingerprint density at radius 2 is 0.723 bits per heavy atom. The van der Waals surface area contributed by atoms with Crippen LogP contribution >= 0.6 is 0 Å². The molecular weight excluding hydrogens is 569 g/mol. The lowest BCUT2D eigenvalue weighted by molar-refractivity contribution is 0.674. The van der Waals surface area contributed by atoms with Crippen LogP contribution in [0.4, 0.5) is 0 Å². The number of para-hydroxylation sites is 1. The molecule has 1 heterocycles. The predicted molar refractivity (Wildman–Crippen MR) is 200 cm³/mol. The molecule has 47 heavy (non-hydrogen) atoms. The van der Waals surface area contributed by atoms with Gasteiger partial charge in [0.25, 0.3) is 0 Å². The summed E-state index contributed by atoms with van der Waals surface area (Å²) in [6.45, 7) is 0. The fourth-order valence-corrected chi connectivity index (χ4v) is 7.85. The van der Waals surface area contributed by atoms with Crippen molar-refractivity contribution in [3.63, 3.8) is 0 Å². The van der Waals surface area contributed by atoms with Crippen LogP contribution in [0, 0.1) is 0 Å². The van der Waals surface area contributed by atoms with Crippen LogP contribution in [0.3, 0.4) is 0 Å². The molecule has 9 aromatic carbocycles. The molecule has 0 radical (unpaired) electrons. The molecule has 0 spiro atoms. The molecule has 10 rings (SSSR count). The van der Waals surface area contributed by atoms with Gasteiger partial charge < -0.3 is 4.42 Å². The highest BCUT2D eigenvalue weighted by molar-refractivity contribution is 6.31. The Morgan fingerprint density at radius 1 is 0.277 bits per heavy atom. The maximum atomic E-state index is 6.91. The molecule has 218 valence electrons. The average molecular weight is 597 g/mol. The Bertz CT molecular complexity index is 2780. The van der Waals surface area contributed by atoms with Crippen LogP contribution in [0.2, 0.25) is 0 Å². The third-order valence-electron chi connectivity index (χ3n) is 9.83. The second-order valence-electron chi connectivity index (χ2n) is 12.4. The number of fused-ring (bicyclic) bond motifs is 10. The zero-order valence-electron chi connectivity index (χ0n) is 25.6. The Balaban J connectivity index is 1.25. The number of benzene rings is 9. The zero-order chi connectivity index (χ0) is 30.9. The molecule has 0 bridgehead atoms. The molecule has 1 aromatic heterocycles. The smallest absolute Gasteiger partial charge is 0.143 e. The van der Waals surface area contributed by atoms with Crippen LogP contribution in [-0.4, -0.2) is 0 Å². The van der Waals surface area contributed by atoms with Gasteiger partial charge in [-0.15, -0.1) is 0 Å². The molecule has 0 aliphatic heterocycles. The van der Waals surface area contributed by atoms with Crippen LogP contribution in [0.1, 0.15) is 0 Å². The first-order valence-corrected chi connectivity index (χ1v) is 16.2. The molecule has 0 saturated carbocycles. The molecule has 0 amide bonds. The van der Waals surface area contributed by atoms with Crippen LogP contribution in [0.15, 0.2) is 174 Å². The van der Waals surface area contributed by atoms with E-state index >= 15 is 0 Å². The Hall–Kier alpha value is -6.18. The Kier molecular flexibility index (Phi) is 5.64. The normalized spacial score (nSPS) is 11.8. The van der Waals surface area contributed by atoms with E-state index in [9.17, 15) is 0 Å². The summed E-state index contributed by atoms with van der Waals surface area (Å²) < 4.78 is 6.91. The van der Waals surface area contributed by atoms with Crippen LogP contribution in [0.5, 0.6) is 0 Å². The molecule has 0 fully saturated rings. The van der Waals surface area contributed by atoms with Gasteiger partial charge in [-0.1, -0.05) is 164 Å². The fraction of sp³-hybridized carbons (Fsp3) is 0. The minimum atomic E-state index is 0.926. The minimum Gasteiger partial charge on any atom is -0.455 e. The van der Waals surface area contributed by atoms with Crippen molar-refractivity contribution in [1.29, 1.82) is 0 Å². The van der Waals surface area contributed by atoms with Crippen LogP contribution < -0.4 is 0 Å². The third kappa shape index (κ3) is 3.84. The maximum Gasteiger partial charge on any atom is 0.143 e. The van der Waals surface area contributed by atoms with Gasteiger partial charge in [0.05, 0.1) is 0 Å². The van der Waals surface area contributed by atoms with E-state index in [1.807, 2.05) is 0 Å². The van der Waals surface area contributed by atoms with E-state index in [2.05, 4.69) is 170 Å². The largest absolute Gasteiger partial charge is 0.455 e. The van der Waals surface area contributed by atoms with Crippen molar-refractivity contribution in [1.82, 2.24) is 0 Å². The standard InChI is InChI=1S/C46H28O/c1-2-14-29(15-3-1)42-36-21-7-9-23-38(36)43(39-24-10-8-22-37(39)42)31-17-12-16-30(28-31)32-26-13-27-41-44-35-20-6-4-18-33(35)34-19-5-11-25-40(34)46(44)47-45(32)41/h1-28H. The van der Waals surface area contributed by atoms with Gasteiger partial charge in [-0.25, -0.2) is 0 Å². The van der Waals surface area contributed by atoms with E-state index < -0.39 is 0 Å². The van der Waals surface area contributed by atoms with E-state index in [0.29, 0.717) is 0 Å². The second kappa shape index (κ2) is 10.2. The molecule has 0 aliphatic carbocycles. The highest BCUT2D eigenvalue weighted by Gasteiger charge is 2.20. The first-order valence-electron chi connectivity index (χ1n) is 16.2. The lowest BCUT2D eigenvalue weighted by atomic mass is 9.85. The molecule has 0 atom stereocenters. The monoisotopic (exact) mass is 596 g/mol. The molecule has 1 heteroatoms. The van der Waals surface area contributed by atoms with Gasteiger partial charge in [-0.2, -0.15) is 0 Å². The quantitative estimate of drug-likeness (QED) is 0.146. The van der Waals surface area contributed by atoms with Crippen molar-refractivity contribution >= 4 is 65.0 Å². The summed E-state index contributed by atoms with van der Waals surface area (Å²) in [5, 5.41) is 12.2. The van der Waals surface area contributed by atoms with E-state index in [4.69, 9.17) is 4.42 Å². The number of hydrogen-bond donors (Lipinski definition) is 0. The summed E-state index contributed by atoms with van der Waals surface area (Å²) in [6, 6.07) is 61.3. The van der Waals surface area contributed by atoms with Gasteiger partial charge in [0.15, 0.2) is 0 Å². The summed E-state index contributed by atoms with van der Waals surface area (Å²) in [4.78, 5) is 0. The third-order valence-corrected chi connectivity index (χ3v) is 9.83. The van der Waals surface area contributed by atoms with Crippen LogP contribution in [0.25, 0.3) is 98.4 Å². The molecule has 10 aromatic rings. The summed E-state index contributed by atoms with van der Waals surface area (Å²) in [5.74, 6) is 0. The van der Waals surface area contributed by atoms with Crippen molar-refractivity contribution in [2.75, 3.05) is 0 Å². The van der Waals surface area contributed by atoms with Crippen molar-refractivity contribution in [2.45, 2.75) is 0 Å². The lowest BCUT2D eigenvalue weighted by Gasteiger charge is -2.18. The highest BCUT2D eigenvalue weighted by atomic mass is 16.3. The van der Waals surface area contributed by atoms with E-state index in [1.54, 1.807) is 0 Å². The van der Waals surface area contributed by atoms with E-state index in [0.717, 1.165) is 33.1 Å². The van der Waals surface area contributed by atoms with Crippen molar-refractivity contribution in [3.05, 3.63) is 170 Å². The number of furan rings is 1. The lowest BCUT2D eigenvalue weighted by Crippen LogP contribution is -1.91. The first-order chi connectivity index (χ1) is 23.3. The van der Waals surface area contributed by atoms with Gasteiger partial charge in [0.2, 0.25) is 0 Å². The first kappa shape index (κ1) is 26.1. The van der Waals surface area contributed by atoms with Crippen molar-refractivity contribution < 1.29 is 4.42 Å². The number of hydrogen-bond acceptors (Lipinski definition) is 1. The Labute approximate surface area is 271 Å². The van der Waals surface area contributed by atoms with Crippen molar-refractivity contribution in [3.8, 4) is 33.4 Å².